The predicted octanol–water partition coefficient (Wildman–Crippen LogP) is 0.766. The molecule has 0 heterocycles. The van der Waals surface area contributed by atoms with Gasteiger partial charge in [-0.2, -0.15) is 13.2 Å². The Kier molecular flexibility index (Phi) is 6.26. The summed E-state index contributed by atoms with van der Waals surface area (Å²) in [5, 5.41) is 1.38. The fraction of sp³-hybridized carbons (Fsp3) is 0.875. The third-order valence-electron chi connectivity index (χ3n) is 1.77. The number of methoxy groups -OCH3 is 1. The van der Waals surface area contributed by atoms with Crippen LogP contribution < -0.4 is 11.1 Å². The van der Waals surface area contributed by atoms with Gasteiger partial charge in [-0.3, -0.25) is 4.79 Å². The van der Waals surface area contributed by atoms with E-state index in [2.05, 4.69) is 4.74 Å². The third kappa shape index (κ3) is 8.19. The second-order valence-corrected chi connectivity index (χ2v) is 3.05. The molecule has 4 nitrogen and oxygen atoms in total. The third-order valence-corrected chi connectivity index (χ3v) is 1.77. The van der Waals surface area contributed by atoms with E-state index in [9.17, 15) is 18.0 Å². The lowest BCUT2D eigenvalue weighted by molar-refractivity contribution is -0.156. The molecule has 15 heavy (non-hydrogen) atoms. The first kappa shape index (κ1) is 14.2. The maximum absolute atomic E-state index is 11.6. The molecule has 90 valence electrons. The maximum atomic E-state index is 11.6. The minimum atomic E-state index is -4.34. The molecule has 0 aromatic rings. The summed E-state index contributed by atoms with van der Waals surface area (Å²) < 4.78 is 39.2. The number of rotatable bonds is 6. The van der Waals surface area contributed by atoms with Gasteiger partial charge in [0.05, 0.1) is 7.11 Å². The molecule has 0 aliphatic heterocycles. The first-order valence-corrected chi connectivity index (χ1v) is 4.52. The monoisotopic (exact) mass is 228 g/mol. The molecule has 0 fully saturated rings. The highest BCUT2D eigenvalue weighted by molar-refractivity contribution is 5.75. The van der Waals surface area contributed by atoms with E-state index in [1.54, 1.807) is 0 Å². The van der Waals surface area contributed by atoms with Crippen molar-refractivity contribution < 1.29 is 22.7 Å². The molecule has 0 aliphatic rings. The number of alkyl halides is 3. The number of hydrogen-bond acceptors (Lipinski definition) is 4. The summed E-state index contributed by atoms with van der Waals surface area (Å²) in [6, 6.07) is -0.749. The van der Waals surface area contributed by atoms with Crippen LogP contribution in [0.2, 0.25) is 0 Å². The summed E-state index contributed by atoms with van der Waals surface area (Å²) in [6.07, 6.45) is -3.26. The summed E-state index contributed by atoms with van der Waals surface area (Å²) in [4.78, 5) is 10.8. The number of unbranched alkanes of at least 4 members (excludes halogenated alkanes) is 1. The molecule has 0 aromatic heterocycles. The van der Waals surface area contributed by atoms with Crippen molar-refractivity contribution in [3.63, 3.8) is 0 Å². The van der Waals surface area contributed by atoms with E-state index in [4.69, 9.17) is 5.73 Å². The largest absolute Gasteiger partial charge is 0.468 e. The molecule has 3 N–H and O–H groups in total. The molecule has 0 unspecified atom stereocenters. The van der Waals surface area contributed by atoms with Gasteiger partial charge in [0.1, 0.15) is 6.04 Å². The maximum Gasteiger partial charge on any atom is 0.457 e. The van der Waals surface area contributed by atoms with Crippen LogP contribution in [0.15, 0.2) is 0 Å². The van der Waals surface area contributed by atoms with Gasteiger partial charge in [-0.05, 0) is 12.8 Å². The Bertz CT molecular complexity index is 197. The zero-order valence-corrected chi connectivity index (χ0v) is 8.43. The van der Waals surface area contributed by atoms with Crippen LogP contribution in [0.3, 0.4) is 0 Å². The minimum Gasteiger partial charge on any atom is -0.468 e. The summed E-state index contributed by atoms with van der Waals surface area (Å²) in [5.74, 6) is -0.543. The lowest BCUT2D eigenvalue weighted by Gasteiger charge is -2.10. The summed E-state index contributed by atoms with van der Waals surface area (Å²) in [5.41, 5.74) is 5.38. The van der Waals surface area contributed by atoms with Gasteiger partial charge in [0.25, 0.3) is 0 Å². The number of nitrogens with two attached hydrogens (primary N) is 1. The molecule has 0 aromatic carbocycles. The zero-order chi connectivity index (χ0) is 11.9. The van der Waals surface area contributed by atoms with Crippen LogP contribution in [0.1, 0.15) is 19.3 Å². The average molecular weight is 228 g/mol. The SMILES string of the molecule is COC(=O)[C@@H](N)CCCCNC(F)(F)F. The Morgan fingerprint density at radius 3 is 2.53 bits per heavy atom. The van der Waals surface area contributed by atoms with Gasteiger partial charge in [-0.25, -0.2) is 5.32 Å². The van der Waals surface area contributed by atoms with E-state index in [-0.39, 0.29) is 6.54 Å². The van der Waals surface area contributed by atoms with Crippen LogP contribution >= 0.6 is 0 Å². The van der Waals surface area contributed by atoms with E-state index in [1.807, 2.05) is 0 Å². The van der Waals surface area contributed by atoms with E-state index in [0.29, 0.717) is 19.3 Å². The standard InChI is InChI=1S/C8H15F3N2O2/c1-15-7(14)6(12)4-2-3-5-13-8(9,10)11/h6,13H,2-5,12H2,1H3/t6-/m0/s1. The summed E-state index contributed by atoms with van der Waals surface area (Å²) in [7, 11) is 1.22. The molecule has 0 saturated carbocycles. The Hall–Kier alpha value is -0.820. The van der Waals surface area contributed by atoms with E-state index < -0.39 is 18.3 Å². The second-order valence-electron chi connectivity index (χ2n) is 3.05. The van der Waals surface area contributed by atoms with Crippen LogP contribution in [-0.4, -0.2) is 32.0 Å². The van der Waals surface area contributed by atoms with Crippen molar-refractivity contribution >= 4 is 5.97 Å². The highest BCUT2D eigenvalue weighted by atomic mass is 19.4. The fourth-order valence-electron chi connectivity index (χ4n) is 0.989. The molecule has 0 spiro atoms. The second kappa shape index (κ2) is 6.62. The van der Waals surface area contributed by atoms with Crippen molar-refractivity contribution in [2.75, 3.05) is 13.7 Å². The van der Waals surface area contributed by atoms with Gasteiger partial charge in [0.2, 0.25) is 0 Å². The Morgan fingerprint density at radius 1 is 1.47 bits per heavy atom. The fourth-order valence-corrected chi connectivity index (χ4v) is 0.989. The van der Waals surface area contributed by atoms with Crippen molar-refractivity contribution in [1.29, 1.82) is 0 Å². The number of esters is 1. The topological polar surface area (TPSA) is 64.3 Å². The Morgan fingerprint density at radius 2 is 2.07 bits per heavy atom. The first-order chi connectivity index (χ1) is 6.87. The smallest absolute Gasteiger partial charge is 0.457 e. The Labute approximate surface area is 86.0 Å². The van der Waals surface area contributed by atoms with Gasteiger partial charge in [0, 0.05) is 6.54 Å². The molecule has 0 aliphatic carbocycles. The number of ether oxygens (including phenoxy) is 1. The molecular weight excluding hydrogens is 213 g/mol. The molecule has 0 radical (unpaired) electrons. The normalized spacial score (nSPS) is 13.7. The van der Waals surface area contributed by atoms with E-state index >= 15 is 0 Å². The molecule has 7 heteroatoms. The van der Waals surface area contributed by atoms with Gasteiger partial charge < -0.3 is 10.5 Å². The van der Waals surface area contributed by atoms with E-state index in [1.165, 1.54) is 12.4 Å². The van der Waals surface area contributed by atoms with E-state index in [0.717, 1.165) is 0 Å². The van der Waals surface area contributed by atoms with Gasteiger partial charge >= 0.3 is 12.3 Å². The number of hydrogen-bond donors (Lipinski definition) is 2. The van der Waals surface area contributed by atoms with Gasteiger partial charge in [-0.1, -0.05) is 6.42 Å². The molecule has 0 rings (SSSR count). The predicted molar refractivity (Wildman–Crippen MR) is 47.9 cm³/mol. The van der Waals surface area contributed by atoms with Crippen molar-refractivity contribution in [3.8, 4) is 0 Å². The van der Waals surface area contributed by atoms with Crippen LogP contribution in [0.4, 0.5) is 13.2 Å². The van der Waals surface area contributed by atoms with Gasteiger partial charge in [0.15, 0.2) is 0 Å². The summed E-state index contributed by atoms with van der Waals surface area (Å²) in [6.45, 7) is -0.169. The van der Waals surface area contributed by atoms with Crippen LogP contribution in [0, 0.1) is 0 Å². The highest BCUT2D eigenvalue weighted by Crippen LogP contribution is 2.09. The van der Waals surface area contributed by atoms with Crippen molar-refractivity contribution in [2.45, 2.75) is 31.6 Å². The molecule has 0 amide bonds. The molecular formula is C8H15F3N2O2. The van der Waals surface area contributed by atoms with Gasteiger partial charge in [-0.15, -0.1) is 0 Å². The molecule has 1 atom stereocenters. The number of carbonyl (C=O) groups excluding carboxylic acids is 1. The number of nitrogens with one attached hydrogen (secondary N) is 1. The first-order valence-electron chi connectivity index (χ1n) is 4.52. The lowest BCUT2D eigenvalue weighted by Crippen LogP contribution is -2.33. The van der Waals surface area contributed by atoms with Crippen LogP contribution in [-0.2, 0) is 9.53 Å². The quantitative estimate of drug-likeness (QED) is 0.400. The van der Waals surface area contributed by atoms with Crippen LogP contribution in [0.5, 0.6) is 0 Å². The highest BCUT2D eigenvalue weighted by Gasteiger charge is 2.25. The molecule has 0 bridgehead atoms. The zero-order valence-electron chi connectivity index (χ0n) is 8.43. The Balaban J connectivity index is 3.43. The van der Waals surface area contributed by atoms with Crippen molar-refractivity contribution in [2.24, 2.45) is 5.73 Å². The molecule has 0 saturated heterocycles. The summed E-state index contributed by atoms with van der Waals surface area (Å²) >= 11 is 0. The lowest BCUT2D eigenvalue weighted by atomic mass is 10.1. The number of carbonyl (C=O) groups is 1. The minimum absolute atomic E-state index is 0.169. The average Bonchev–Trinajstić information content (AvgIpc) is 2.14. The van der Waals surface area contributed by atoms with Crippen molar-refractivity contribution in [1.82, 2.24) is 5.32 Å². The van der Waals surface area contributed by atoms with Crippen molar-refractivity contribution in [3.05, 3.63) is 0 Å². The number of halogens is 3. The van der Waals surface area contributed by atoms with Crippen LogP contribution in [0.25, 0.3) is 0 Å².